The summed E-state index contributed by atoms with van der Waals surface area (Å²) in [5.74, 6) is 0. The third kappa shape index (κ3) is 1.97. The lowest BCUT2D eigenvalue weighted by Gasteiger charge is -2.12. The average molecular weight is 293 g/mol. The highest BCUT2D eigenvalue weighted by atomic mass is 32.1. The Kier molecular flexibility index (Phi) is 2.84. The van der Waals surface area contributed by atoms with E-state index in [1.807, 2.05) is 24.3 Å². The number of rotatable bonds is 2. The molecule has 0 saturated carbocycles. The monoisotopic (exact) mass is 293 g/mol. The number of aryl methyl sites for hydroxylation is 1. The van der Waals surface area contributed by atoms with E-state index >= 15 is 0 Å². The molecule has 4 aromatic rings. The van der Waals surface area contributed by atoms with Crippen molar-refractivity contribution >= 4 is 33.3 Å². The van der Waals surface area contributed by atoms with Gasteiger partial charge in [-0.3, -0.25) is 0 Å². The second-order valence-corrected chi connectivity index (χ2v) is 6.09. The van der Waals surface area contributed by atoms with E-state index in [0.29, 0.717) is 0 Å². The molecule has 0 bridgehead atoms. The lowest BCUT2D eigenvalue weighted by Crippen LogP contribution is -2.11. The van der Waals surface area contributed by atoms with Crippen LogP contribution in [0.3, 0.4) is 0 Å². The van der Waals surface area contributed by atoms with Gasteiger partial charge in [0, 0.05) is 10.8 Å². The number of thiophene rings is 1. The van der Waals surface area contributed by atoms with Gasteiger partial charge in [-0.1, -0.05) is 24.3 Å². The predicted molar refractivity (Wildman–Crippen MR) is 88.8 cm³/mol. The van der Waals surface area contributed by atoms with Crippen LogP contribution in [0.25, 0.3) is 21.9 Å². The summed E-state index contributed by atoms with van der Waals surface area (Å²) in [6.07, 6.45) is 0. The Morgan fingerprint density at radius 1 is 1.00 bits per heavy atom. The SMILES string of the molecule is Cc1cscc1C(N)c1ccc2oc3ccccc3c2c1. The molecule has 0 fully saturated rings. The molecule has 2 heterocycles. The van der Waals surface area contributed by atoms with Crippen molar-refractivity contribution in [3.05, 3.63) is 69.9 Å². The summed E-state index contributed by atoms with van der Waals surface area (Å²) in [7, 11) is 0. The molecule has 0 aliphatic heterocycles. The van der Waals surface area contributed by atoms with Crippen molar-refractivity contribution < 1.29 is 4.42 Å². The van der Waals surface area contributed by atoms with Crippen LogP contribution in [0.2, 0.25) is 0 Å². The Balaban J connectivity index is 1.90. The Bertz CT molecular complexity index is 935. The van der Waals surface area contributed by atoms with Gasteiger partial charge in [-0.15, -0.1) is 0 Å². The number of nitrogens with two attached hydrogens (primary N) is 1. The van der Waals surface area contributed by atoms with Gasteiger partial charge in [-0.25, -0.2) is 0 Å². The van der Waals surface area contributed by atoms with Crippen LogP contribution in [0, 0.1) is 6.92 Å². The van der Waals surface area contributed by atoms with Crippen LogP contribution in [0.15, 0.2) is 57.6 Å². The predicted octanol–water partition coefficient (Wildman–Crippen LogP) is 5.00. The fourth-order valence-corrected chi connectivity index (χ4v) is 3.69. The molecular weight excluding hydrogens is 278 g/mol. The molecule has 2 nitrogen and oxygen atoms in total. The highest BCUT2D eigenvalue weighted by Crippen LogP contribution is 2.32. The fraction of sp³-hybridized carbons (Fsp3) is 0.111. The lowest BCUT2D eigenvalue weighted by atomic mass is 9.98. The van der Waals surface area contributed by atoms with E-state index in [2.05, 4.69) is 35.9 Å². The first kappa shape index (κ1) is 12.6. The van der Waals surface area contributed by atoms with Crippen LogP contribution >= 0.6 is 11.3 Å². The van der Waals surface area contributed by atoms with Crippen molar-refractivity contribution in [2.75, 3.05) is 0 Å². The molecule has 1 unspecified atom stereocenters. The van der Waals surface area contributed by atoms with Gasteiger partial charge in [0.25, 0.3) is 0 Å². The summed E-state index contributed by atoms with van der Waals surface area (Å²) < 4.78 is 5.86. The van der Waals surface area contributed by atoms with Gasteiger partial charge >= 0.3 is 0 Å². The van der Waals surface area contributed by atoms with Crippen molar-refractivity contribution in [2.45, 2.75) is 13.0 Å². The van der Waals surface area contributed by atoms with Crippen LogP contribution in [0.5, 0.6) is 0 Å². The number of hydrogen-bond acceptors (Lipinski definition) is 3. The first-order valence-corrected chi connectivity index (χ1v) is 7.88. The molecule has 0 aliphatic carbocycles. The van der Waals surface area contributed by atoms with E-state index < -0.39 is 0 Å². The molecule has 21 heavy (non-hydrogen) atoms. The van der Waals surface area contributed by atoms with E-state index in [0.717, 1.165) is 27.5 Å². The van der Waals surface area contributed by atoms with Gasteiger partial charge in [-0.05, 0) is 52.6 Å². The molecular formula is C18H15NOS. The zero-order chi connectivity index (χ0) is 14.4. The highest BCUT2D eigenvalue weighted by Gasteiger charge is 2.14. The van der Waals surface area contributed by atoms with Crippen molar-refractivity contribution in [2.24, 2.45) is 5.73 Å². The molecule has 1 atom stereocenters. The smallest absolute Gasteiger partial charge is 0.135 e. The number of hydrogen-bond donors (Lipinski definition) is 1. The third-order valence-corrected chi connectivity index (χ3v) is 4.87. The van der Waals surface area contributed by atoms with Crippen LogP contribution in [0.1, 0.15) is 22.7 Å². The quantitative estimate of drug-likeness (QED) is 0.564. The normalized spacial score (nSPS) is 13.0. The van der Waals surface area contributed by atoms with E-state index in [-0.39, 0.29) is 6.04 Å². The lowest BCUT2D eigenvalue weighted by molar-refractivity contribution is 0.668. The molecule has 2 N–H and O–H groups in total. The van der Waals surface area contributed by atoms with Crippen LogP contribution in [-0.2, 0) is 0 Å². The zero-order valence-electron chi connectivity index (χ0n) is 11.7. The van der Waals surface area contributed by atoms with E-state index in [1.165, 1.54) is 11.1 Å². The Morgan fingerprint density at radius 3 is 2.62 bits per heavy atom. The maximum atomic E-state index is 6.44. The topological polar surface area (TPSA) is 39.2 Å². The Labute approximate surface area is 126 Å². The van der Waals surface area contributed by atoms with E-state index in [1.54, 1.807) is 11.3 Å². The highest BCUT2D eigenvalue weighted by molar-refractivity contribution is 7.08. The molecule has 2 aromatic carbocycles. The summed E-state index contributed by atoms with van der Waals surface area (Å²) in [5.41, 5.74) is 11.9. The Morgan fingerprint density at radius 2 is 1.81 bits per heavy atom. The molecule has 3 heteroatoms. The van der Waals surface area contributed by atoms with Gasteiger partial charge in [0.1, 0.15) is 11.2 Å². The van der Waals surface area contributed by atoms with Crippen LogP contribution in [-0.4, -0.2) is 0 Å². The van der Waals surface area contributed by atoms with E-state index in [9.17, 15) is 0 Å². The van der Waals surface area contributed by atoms with Crippen LogP contribution in [0.4, 0.5) is 0 Å². The second kappa shape index (κ2) is 4.72. The third-order valence-electron chi connectivity index (χ3n) is 3.99. The van der Waals surface area contributed by atoms with Gasteiger partial charge in [0.2, 0.25) is 0 Å². The summed E-state index contributed by atoms with van der Waals surface area (Å²) in [6, 6.07) is 14.3. The number of fused-ring (bicyclic) bond motifs is 3. The summed E-state index contributed by atoms with van der Waals surface area (Å²) in [5, 5.41) is 6.55. The van der Waals surface area contributed by atoms with Gasteiger partial charge in [-0.2, -0.15) is 11.3 Å². The van der Waals surface area contributed by atoms with Crippen molar-refractivity contribution in [1.82, 2.24) is 0 Å². The summed E-state index contributed by atoms with van der Waals surface area (Å²) in [6.45, 7) is 2.11. The van der Waals surface area contributed by atoms with Crippen molar-refractivity contribution in [1.29, 1.82) is 0 Å². The van der Waals surface area contributed by atoms with Gasteiger partial charge in [0.05, 0.1) is 6.04 Å². The van der Waals surface area contributed by atoms with Crippen molar-refractivity contribution in [3.8, 4) is 0 Å². The van der Waals surface area contributed by atoms with Gasteiger partial charge < -0.3 is 10.2 Å². The summed E-state index contributed by atoms with van der Waals surface area (Å²) in [4.78, 5) is 0. The molecule has 0 saturated heterocycles. The van der Waals surface area contributed by atoms with Crippen LogP contribution < -0.4 is 5.73 Å². The maximum Gasteiger partial charge on any atom is 0.135 e. The minimum atomic E-state index is -0.0886. The molecule has 0 amide bonds. The first-order valence-electron chi connectivity index (χ1n) is 6.93. The summed E-state index contributed by atoms with van der Waals surface area (Å²) >= 11 is 1.70. The molecule has 2 aromatic heterocycles. The number of benzene rings is 2. The minimum absolute atomic E-state index is 0.0886. The molecule has 4 rings (SSSR count). The maximum absolute atomic E-state index is 6.44. The molecule has 0 radical (unpaired) electrons. The van der Waals surface area contributed by atoms with E-state index in [4.69, 9.17) is 10.2 Å². The first-order chi connectivity index (χ1) is 10.2. The standard InChI is InChI=1S/C18H15NOS/c1-11-9-21-10-15(11)18(19)12-6-7-17-14(8-12)13-4-2-3-5-16(13)20-17/h2-10,18H,19H2,1H3. The minimum Gasteiger partial charge on any atom is -0.456 e. The average Bonchev–Trinajstić information content (AvgIpc) is 3.09. The number of furan rings is 1. The fourth-order valence-electron chi connectivity index (χ4n) is 2.81. The molecule has 0 spiro atoms. The molecule has 104 valence electrons. The Hall–Kier alpha value is -2.10. The second-order valence-electron chi connectivity index (χ2n) is 5.34. The van der Waals surface area contributed by atoms with Gasteiger partial charge in [0.15, 0.2) is 0 Å². The largest absolute Gasteiger partial charge is 0.456 e. The van der Waals surface area contributed by atoms with Crippen molar-refractivity contribution in [3.63, 3.8) is 0 Å². The zero-order valence-corrected chi connectivity index (χ0v) is 12.5. The number of para-hydroxylation sites is 1. The molecule has 0 aliphatic rings.